The van der Waals surface area contributed by atoms with E-state index in [9.17, 15) is 4.79 Å². The largest absolute Gasteiger partial charge is 0.497 e. The lowest BCUT2D eigenvalue weighted by Crippen LogP contribution is -2.19. The molecule has 0 aliphatic rings. The standard InChI is InChI=1S/C16H18N2O3/c1-3-21-15-6-4-5-13(11-15)18-16(19)17-12-7-9-14(20-2)10-8-12/h4-11H,3H2,1-2H3,(H2,17,18,19). The van der Waals surface area contributed by atoms with E-state index in [-0.39, 0.29) is 6.03 Å². The van der Waals surface area contributed by atoms with Crippen LogP contribution in [0.3, 0.4) is 0 Å². The fourth-order valence-electron chi connectivity index (χ4n) is 1.80. The van der Waals surface area contributed by atoms with Crippen LogP contribution in [0.2, 0.25) is 0 Å². The molecule has 2 aromatic rings. The lowest BCUT2D eigenvalue weighted by atomic mass is 10.3. The van der Waals surface area contributed by atoms with Gasteiger partial charge < -0.3 is 20.1 Å². The fourth-order valence-corrected chi connectivity index (χ4v) is 1.80. The Morgan fingerprint density at radius 2 is 1.71 bits per heavy atom. The Kier molecular flexibility index (Phi) is 5.04. The second kappa shape index (κ2) is 7.19. The highest BCUT2D eigenvalue weighted by Crippen LogP contribution is 2.18. The lowest BCUT2D eigenvalue weighted by Gasteiger charge is -2.09. The van der Waals surface area contributed by atoms with Crippen molar-refractivity contribution in [3.05, 3.63) is 48.5 Å². The summed E-state index contributed by atoms with van der Waals surface area (Å²) in [5, 5.41) is 5.50. The molecule has 0 aromatic heterocycles. The van der Waals surface area contributed by atoms with E-state index in [1.165, 1.54) is 0 Å². The van der Waals surface area contributed by atoms with Crippen molar-refractivity contribution in [3.63, 3.8) is 0 Å². The van der Waals surface area contributed by atoms with Crippen LogP contribution in [0.15, 0.2) is 48.5 Å². The Hall–Kier alpha value is -2.69. The maximum Gasteiger partial charge on any atom is 0.323 e. The van der Waals surface area contributed by atoms with Crippen LogP contribution in [-0.2, 0) is 0 Å². The zero-order valence-electron chi connectivity index (χ0n) is 12.1. The number of hydrogen-bond acceptors (Lipinski definition) is 3. The Morgan fingerprint density at radius 1 is 1.00 bits per heavy atom. The van der Waals surface area contributed by atoms with Crippen molar-refractivity contribution in [2.24, 2.45) is 0 Å². The molecule has 5 heteroatoms. The quantitative estimate of drug-likeness (QED) is 0.880. The van der Waals surface area contributed by atoms with Crippen LogP contribution in [0.1, 0.15) is 6.92 Å². The molecule has 2 rings (SSSR count). The van der Waals surface area contributed by atoms with Crippen LogP contribution in [0.5, 0.6) is 11.5 Å². The Labute approximate surface area is 123 Å². The molecule has 2 aromatic carbocycles. The van der Waals surface area contributed by atoms with Gasteiger partial charge in [-0.3, -0.25) is 0 Å². The number of carbonyl (C=O) groups is 1. The zero-order valence-corrected chi connectivity index (χ0v) is 12.1. The first-order chi connectivity index (χ1) is 10.2. The third-order valence-corrected chi connectivity index (χ3v) is 2.75. The van der Waals surface area contributed by atoms with E-state index < -0.39 is 0 Å². The fraction of sp³-hybridized carbons (Fsp3) is 0.188. The van der Waals surface area contributed by atoms with Crippen molar-refractivity contribution in [1.29, 1.82) is 0 Å². The number of amides is 2. The zero-order chi connectivity index (χ0) is 15.1. The van der Waals surface area contributed by atoms with Crippen molar-refractivity contribution < 1.29 is 14.3 Å². The highest BCUT2D eigenvalue weighted by atomic mass is 16.5. The second-order valence-electron chi connectivity index (χ2n) is 4.27. The molecule has 21 heavy (non-hydrogen) atoms. The molecule has 0 atom stereocenters. The average Bonchev–Trinajstić information content (AvgIpc) is 2.48. The topological polar surface area (TPSA) is 59.6 Å². The van der Waals surface area contributed by atoms with Gasteiger partial charge in [-0.25, -0.2) is 4.79 Å². The van der Waals surface area contributed by atoms with Crippen molar-refractivity contribution >= 4 is 17.4 Å². The Balaban J connectivity index is 1.95. The molecule has 0 aliphatic carbocycles. The number of nitrogens with one attached hydrogen (secondary N) is 2. The highest BCUT2D eigenvalue weighted by molar-refractivity contribution is 5.99. The molecule has 0 aliphatic heterocycles. The summed E-state index contributed by atoms with van der Waals surface area (Å²) in [6.45, 7) is 2.50. The summed E-state index contributed by atoms with van der Waals surface area (Å²) in [4.78, 5) is 11.9. The van der Waals surface area contributed by atoms with Gasteiger partial charge in [-0.1, -0.05) is 6.07 Å². The number of rotatable bonds is 5. The van der Waals surface area contributed by atoms with Gasteiger partial charge in [-0.05, 0) is 43.3 Å². The molecule has 0 fully saturated rings. The first-order valence-electron chi connectivity index (χ1n) is 6.66. The van der Waals surface area contributed by atoms with Crippen LogP contribution in [0, 0.1) is 0 Å². The maximum absolute atomic E-state index is 11.9. The van der Waals surface area contributed by atoms with Crippen LogP contribution in [-0.4, -0.2) is 19.7 Å². The van der Waals surface area contributed by atoms with E-state index >= 15 is 0 Å². The highest BCUT2D eigenvalue weighted by Gasteiger charge is 2.04. The van der Waals surface area contributed by atoms with E-state index in [0.29, 0.717) is 18.0 Å². The molecule has 0 bridgehead atoms. The van der Waals surface area contributed by atoms with Crippen molar-refractivity contribution in [2.45, 2.75) is 6.92 Å². The Morgan fingerprint density at radius 3 is 2.38 bits per heavy atom. The van der Waals surface area contributed by atoms with Crippen LogP contribution >= 0.6 is 0 Å². The average molecular weight is 286 g/mol. The van der Waals surface area contributed by atoms with Gasteiger partial charge in [0.15, 0.2) is 0 Å². The number of ether oxygens (including phenoxy) is 2. The van der Waals surface area contributed by atoms with Gasteiger partial charge in [-0.2, -0.15) is 0 Å². The van der Waals surface area contributed by atoms with Gasteiger partial charge in [-0.15, -0.1) is 0 Å². The summed E-state index contributed by atoms with van der Waals surface area (Å²) in [5.41, 5.74) is 1.36. The number of carbonyl (C=O) groups excluding carboxylic acids is 1. The molecule has 2 N–H and O–H groups in total. The predicted molar refractivity (Wildman–Crippen MR) is 83.2 cm³/mol. The summed E-state index contributed by atoms with van der Waals surface area (Å²) in [6, 6.07) is 14.0. The number of urea groups is 1. The molecule has 0 heterocycles. The molecule has 0 saturated heterocycles. The number of benzene rings is 2. The van der Waals surface area contributed by atoms with Gasteiger partial charge >= 0.3 is 6.03 Å². The van der Waals surface area contributed by atoms with E-state index in [0.717, 1.165) is 11.5 Å². The minimum atomic E-state index is -0.311. The molecule has 0 radical (unpaired) electrons. The number of methoxy groups -OCH3 is 1. The molecular weight excluding hydrogens is 268 g/mol. The van der Waals surface area contributed by atoms with Gasteiger partial charge in [0.25, 0.3) is 0 Å². The molecule has 0 unspecified atom stereocenters. The van der Waals surface area contributed by atoms with E-state index in [4.69, 9.17) is 9.47 Å². The van der Waals surface area contributed by atoms with Gasteiger partial charge in [0, 0.05) is 17.4 Å². The van der Waals surface area contributed by atoms with Crippen molar-refractivity contribution in [2.75, 3.05) is 24.4 Å². The van der Waals surface area contributed by atoms with Gasteiger partial charge in [0.2, 0.25) is 0 Å². The third kappa shape index (κ3) is 4.42. The Bertz CT molecular complexity index is 597. The first-order valence-corrected chi connectivity index (χ1v) is 6.66. The van der Waals surface area contributed by atoms with Crippen molar-refractivity contribution in [1.82, 2.24) is 0 Å². The van der Waals surface area contributed by atoms with E-state index in [1.54, 1.807) is 43.5 Å². The lowest BCUT2D eigenvalue weighted by molar-refractivity contribution is 0.262. The first kappa shape index (κ1) is 14.7. The monoisotopic (exact) mass is 286 g/mol. The molecular formula is C16H18N2O3. The predicted octanol–water partition coefficient (Wildman–Crippen LogP) is 3.74. The smallest absolute Gasteiger partial charge is 0.323 e. The van der Waals surface area contributed by atoms with Crippen molar-refractivity contribution in [3.8, 4) is 11.5 Å². The summed E-state index contributed by atoms with van der Waals surface area (Å²) < 4.78 is 10.4. The number of anilines is 2. The summed E-state index contributed by atoms with van der Waals surface area (Å²) in [7, 11) is 1.60. The third-order valence-electron chi connectivity index (χ3n) is 2.75. The van der Waals surface area contributed by atoms with E-state index in [2.05, 4.69) is 10.6 Å². The molecule has 5 nitrogen and oxygen atoms in total. The van der Waals surface area contributed by atoms with Crippen LogP contribution in [0.4, 0.5) is 16.2 Å². The second-order valence-corrected chi connectivity index (χ2v) is 4.27. The minimum Gasteiger partial charge on any atom is -0.497 e. The molecule has 2 amide bonds. The number of hydrogen-bond donors (Lipinski definition) is 2. The summed E-state index contributed by atoms with van der Waals surface area (Å²) in [5.74, 6) is 1.46. The van der Waals surface area contributed by atoms with Gasteiger partial charge in [0.05, 0.1) is 13.7 Å². The maximum atomic E-state index is 11.9. The van der Waals surface area contributed by atoms with Crippen LogP contribution in [0.25, 0.3) is 0 Å². The summed E-state index contributed by atoms with van der Waals surface area (Å²) >= 11 is 0. The summed E-state index contributed by atoms with van der Waals surface area (Å²) in [6.07, 6.45) is 0. The normalized spacial score (nSPS) is 9.81. The molecule has 110 valence electrons. The van der Waals surface area contributed by atoms with E-state index in [1.807, 2.05) is 19.1 Å². The molecule has 0 spiro atoms. The van der Waals surface area contributed by atoms with Gasteiger partial charge in [0.1, 0.15) is 11.5 Å². The molecule has 0 saturated carbocycles. The SMILES string of the molecule is CCOc1cccc(NC(=O)Nc2ccc(OC)cc2)c1. The minimum absolute atomic E-state index is 0.311. The van der Waals surface area contributed by atoms with Crippen LogP contribution < -0.4 is 20.1 Å².